The normalized spacial score (nSPS) is 11.9. The number of halogens is 1. The van der Waals surface area contributed by atoms with Crippen molar-refractivity contribution in [3.05, 3.63) is 40.5 Å². The van der Waals surface area contributed by atoms with Gasteiger partial charge in [0.25, 0.3) is 10.1 Å². The van der Waals surface area contributed by atoms with Crippen molar-refractivity contribution < 1.29 is 12.6 Å². The molecule has 1 aromatic heterocycles. The van der Waals surface area contributed by atoms with E-state index in [1.165, 1.54) is 0 Å². The van der Waals surface area contributed by atoms with Gasteiger partial charge in [-0.15, -0.1) is 0 Å². The molecule has 0 N–H and O–H groups in total. The van der Waals surface area contributed by atoms with Crippen molar-refractivity contribution in [3.8, 4) is 0 Å². The van der Waals surface area contributed by atoms with Crippen molar-refractivity contribution in [1.82, 2.24) is 4.98 Å². The maximum atomic E-state index is 11.0. The Kier molecular flexibility index (Phi) is 3.46. The van der Waals surface area contributed by atoms with Crippen LogP contribution in [0.2, 0.25) is 0 Å². The van der Waals surface area contributed by atoms with Crippen LogP contribution in [-0.2, 0) is 20.9 Å². The molecule has 0 saturated heterocycles. The second-order valence-corrected chi connectivity index (χ2v) is 6.07. The first-order valence-electron chi connectivity index (χ1n) is 4.84. The molecule has 0 fully saturated rings. The van der Waals surface area contributed by atoms with Gasteiger partial charge in [0.15, 0.2) is 0 Å². The fourth-order valence-corrected chi connectivity index (χ4v) is 2.28. The van der Waals surface area contributed by atoms with Gasteiger partial charge in [-0.3, -0.25) is 9.17 Å². The van der Waals surface area contributed by atoms with Crippen molar-refractivity contribution in [2.75, 3.05) is 6.26 Å². The Morgan fingerprint density at radius 3 is 2.82 bits per heavy atom. The molecule has 0 bridgehead atoms. The third-order valence-corrected chi connectivity index (χ3v) is 3.47. The lowest BCUT2D eigenvalue weighted by atomic mass is 10.1. The quantitative estimate of drug-likeness (QED) is 0.816. The van der Waals surface area contributed by atoms with Crippen LogP contribution in [-0.4, -0.2) is 19.7 Å². The topological polar surface area (TPSA) is 56.3 Å². The average molecular weight is 316 g/mol. The van der Waals surface area contributed by atoms with Gasteiger partial charge < -0.3 is 0 Å². The van der Waals surface area contributed by atoms with E-state index < -0.39 is 10.1 Å². The predicted molar refractivity (Wildman–Crippen MR) is 69.1 cm³/mol. The van der Waals surface area contributed by atoms with E-state index in [0.29, 0.717) is 0 Å². The molecule has 0 amide bonds. The molecule has 0 spiro atoms. The van der Waals surface area contributed by atoms with Crippen molar-refractivity contribution in [2.45, 2.75) is 6.61 Å². The highest BCUT2D eigenvalue weighted by molar-refractivity contribution is 9.10. The Bertz CT molecular complexity index is 655. The van der Waals surface area contributed by atoms with Crippen molar-refractivity contribution in [2.24, 2.45) is 0 Å². The summed E-state index contributed by atoms with van der Waals surface area (Å²) in [6.45, 7) is -0.000370. The Morgan fingerprint density at radius 1 is 1.35 bits per heavy atom. The van der Waals surface area contributed by atoms with Gasteiger partial charge in [-0.25, -0.2) is 0 Å². The molecule has 1 aromatic carbocycles. The van der Waals surface area contributed by atoms with Crippen LogP contribution in [0.3, 0.4) is 0 Å². The highest BCUT2D eigenvalue weighted by Gasteiger charge is 2.08. The second-order valence-electron chi connectivity index (χ2n) is 3.57. The van der Waals surface area contributed by atoms with E-state index in [4.69, 9.17) is 4.18 Å². The summed E-state index contributed by atoms with van der Waals surface area (Å²) >= 11 is 3.42. The van der Waals surface area contributed by atoms with Crippen LogP contribution < -0.4 is 0 Å². The molecule has 0 aliphatic rings. The Hall–Kier alpha value is -0.980. The van der Waals surface area contributed by atoms with Gasteiger partial charge in [-0.1, -0.05) is 28.1 Å². The van der Waals surface area contributed by atoms with E-state index in [2.05, 4.69) is 20.9 Å². The van der Waals surface area contributed by atoms with Crippen LogP contribution in [0.5, 0.6) is 0 Å². The molecule has 0 aliphatic heterocycles. The molecule has 0 aliphatic carbocycles. The van der Waals surface area contributed by atoms with Gasteiger partial charge in [-0.2, -0.15) is 8.42 Å². The predicted octanol–water partition coefficient (Wildman–Crippen LogP) is 2.47. The molecule has 0 unspecified atom stereocenters. The summed E-state index contributed by atoms with van der Waals surface area (Å²) in [5.74, 6) is 0. The summed E-state index contributed by atoms with van der Waals surface area (Å²) in [7, 11) is -3.44. The summed E-state index contributed by atoms with van der Waals surface area (Å²) in [6.07, 6.45) is 2.69. The fraction of sp³-hybridized carbons (Fsp3) is 0.182. The van der Waals surface area contributed by atoms with Crippen molar-refractivity contribution in [1.29, 1.82) is 0 Å². The van der Waals surface area contributed by atoms with Gasteiger partial charge in [-0.05, 0) is 12.1 Å². The molecule has 1 heterocycles. The Labute approximate surface area is 108 Å². The summed E-state index contributed by atoms with van der Waals surface area (Å²) in [6, 6.07) is 7.39. The maximum absolute atomic E-state index is 11.0. The van der Waals surface area contributed by atoms with Crippen LogP contribution in [0, 0.1) is 0 Å². The van der Waals surface area contributed by atoms with Crippen LogP contribution in [0.15, 0.2) is 34.9 Å². The first kappa shape index (κ1) is 12.5. The number of pyridine rings is 1. The van der Waals surface area contributed by atoms with E-state index in [1.807, 2.05) is 18.2 Å². The molecular weight excluding hydrogens is 306 g/mol. The SMILES string of the molecule is CS(=O)(=O)OCc1ccc(Br)c2cccnc12. The summed E-state index contributed by atoms with van der Waals surface area (Å²) in [4.78, 5) is 4.24. The van der Waals surface area contributed by atoms with Crippen molar-refractivity contribution >= 4 is 37.0 Å². The summed E-state index contributed by atoms with van der Waals surface area (Å²) < 4.78 is 27.6. The minimum atomic E-state index is -3.44. The number of hydrogen-bond acceptors (Lipinski definition) is 4. The molecule has 2 aromatic rings. The standard InChI is InChI=1S/C11H10BrNO3S/c1-17(14,15)16-7-8-4-5-10(12)9-3-2-6-13-11(8)9/h2-6H,7H2,1H3. The third kappa shape index (κ3) is 3.02. The average Bonchev–Trinajstić information content (AvgIpc) is 2.27. The summed E-state index contributed by atoms with van der Waals surface area (Å²) in [5, 5.41) is 0.933. The minimum absolute atomic E-state index is 0.000370. The molecular formula is C11H10BrNO3S. The van der Waals surface area contributed by atoms with E-state index in [9.17, 15) is 8.42 Å². The first-order chi connectivity index (χ1) is 7.97. The number of rotatable bonds is 3. The number of hydrogen-bond donors (Lipinski definition) is 0. The number of fused-ring (bicyclic) bond motifs is 1. The highest BCUT2D eigenvalue weighted by atomic mass is 79.9. The molecule has 17 heavy (non-hydrogen) atoms. The third-order valence-electron chi connectivity index (χ3n) is 2.23. The molecule has 4 nitrogen and oxygen atoms in total. The number of nitrogens with zero attached hydrogens (tertiary/aromatic N) is 1. The van der Waals surface area contributed by atoms with E-state index in [-0.39, 0.29) is 6.61 Å². The second kappa shape index (κ2) is 4.72. The lowest BCUT2D eigenvalue weighted by Gasteiger charge is -2.06. The molecule has 6 heteroatoms. The Morgan fingerprint density at radius 2 is 2.12 bits per heavy atom. The van der Waals surface area contributed by atoms with E-state index in [1.54, 1.807) is 12.3 Å². The lowest BCUT2D eigenvalue weighted by molar-refractivity contribution is 0.313. The number of aromatic nitrogens is 1. The van der Waals surface area contributed by atoms with Gasteiger partial charge >= 0.3 is 0 Å². The number of benzene rings is 1. The Balaban J connectivity index is 2.45. The van der Waals surface area contributed by atoms with Crippen LogP contribution >= 0.6 is 15.9 Å². The van der Waals surface area contributed by atoms with Gasteiger partial charge in [0.2, 0.25) is 0 Å². The zero-order valence-electron chi connectivity index (χ0n) is 9.05. The van der Waals surface area contributed by atoms with Gasteiger partial charge in [0.1, 0.15) is 0 Å². The van der Waals surface area contributed by atoms with Crippen LogP contribution in [0.25, 0.3) is 10.9 Å². The van der Waals surface area contributed by atoms with Crippen molar-refractivity contribution in [3.63, 3.8) is 0 Å². The zero-order chi connectivity index (χ0) is 12.5. The van der Waals surface area contributed by atoms with E-state index >= 15 is 0 Å². The monoisotopic (exact) mass is 315 g/mol. The van der Waals surface area contributed by atoms with Crippen LogP contribution in [0.4, 0.5) is 0 Å². The smallest absolute Gasteiger partial charge is 0.264 e. The molecule has 90 valence electrons. The maximum Gasteiger partial charge on any atom is 0.264 e. The molecule has 0 atom stereocenters. The van der Waals surface area contributed by atoms with E-state index in [0.717, 1.165) is 27.2 Å². The zero-order valence-corrected chi connectivity index (χ0v) is 11.5. The largest absolute Gasteiger partial charge is 0.265 e. The lowest BCUT2D eigenvalue weighted by Crippen LogP contribution is -2.03. The van der Waals surface area contributed by atoms with Gasteiger partial charge in [0.05, 0.1) is 18.4 Å². The molecule has 0 radical (unpaired) electrons. The highest BCUT2D eigenvalue weighted by Crippen LogP contribution is 2.25. The first-order valence-corrected chi connectivity index (χ1v) is 7.45. The minimum Gasteiger partial charge on any atom is -0.265 e. The van der Waals surface area contributed by atoms with Crippen LogP contribution in [0.1, 0.15) is 5.56 Å². The molecule has 0 saturated carbocycles. The van der Waals surface area contributed by atoms with Gasteiger partial charge in [0, 0.05) is 21.6 Å². The fourth-order valence-electron chi connectivity index (χ4n) is 1.48. The molecule has 2 rings (SSSR count). The summed E-state index contributed by atoms with van der Waals surface area (Å²) in [5.41, 5.74) is 1.49.